The van der Waals surface area contributed by atoms with Crippen LogP contribution in [0.15, 0.2) is 46.9 Å². The van der Waals surface area contributed by atoms with Gasteiger partial charge in [0.25, 0.3) is 0 Å². The summed E-state index contributed by atoms with van der Waals surface area (Å²) >= 11 is 3.37. The lowest BCUT2D eigenvalue weighted by atomic mass is 10.1. The third-order valence-electron chi connectivity index (χ3n) is 4.11. The van der Waals surface area contributed by atoms with Gasteiger partial charge in [-0.3, -0.25) is 4.79 Å². The van der Waals surface area contributed by atoms with Crippen LogP contribution in [0.5, 0.6) is 0 Å². The Kier molecular flexibility index (Phi) is 4.78. The van der Waals surface area contributed by atoms with E-state index in [0.29, 0.717) is 18.5 Å². The predicted octanol–water partition coefficient (Wildman–Crippen LogP) is 4.18. The lowest BCUT2D eigenvalue weighted by Gasteiger charge is -2.31. The molecule has 0 unspecified atom stereocenters. The van der Waals surface area contributed by atoms with E-state index in [9.17, 15) is 9.18 Å². The molecule has 1 N–H and O–H groups in total. The van der Waals surface area contributed by atoms with Crippen LogP contribution in [0.1, 0.15) is 30.5 Å². The second-order valence-electron chi connectivity index (χ2n) is 5.73. The molecule has 0 aromatic heterocycles. The van der Waals surface area contributed by atoms with Crippen LogP contribution in [0.3, 0.4) is 0 Å². The van der Waals surface area contributed by atoms with E-state index in [1.165, 1.54) is 6.07 Å². The van der Waals surface area contributed by atoms with E-state index in [1.807, 2.05) is 31.2 Å². The van der Waals surface area contributed by atoms with Crippen LogP contribution in [-0.4, -0.2) is 12.5 Å². The standard InChI is InChI=1S/C18H18BrFN2O/c1-12(16-10-14(19)5-6-17(16)20)21-11-13-3-2-4-15(9-13)22-8-7-18(22)23/h2-6,9-10,12,21H,7-8,11H2,1H3/t12-/m1/s1. The van der Waals surface area contributed by atoms with Crippen molar-refractivity contribution in [3.8, 4) is 0 Å². The second kappa shape index (κ2) is 6.81. The minimum Gasteiger partial charge on any atom is -0.312 e. The minimum absolute atomic E-state index is 0.109. The summed E-state index contributed by atoms with van der Waals surface area (Å²) in [5.74, 6) is -0.0483. The molecule has 1 fully saturated rings. The van der Waals surface area contributed by atoms with Crippen LogP contribution < -0.4 is 10.2 Å². The van der Waals surface area contributed by atoms with Gasteiger partial charge in [-0.2, -0.15) is 0 Å². The van der Waals surface area contributed by atoms with Gasteiger partial charge in [0.1, 0.15) is 5.82 Å². The van der Waals surface area contributed by atoms with Crippen molar-refractivity contribution in [2.75, 3.05) is 11.4 Å². The Morgan fingerprint density at radius 3 is 2.83 bits per heavy atom. The smallest absolute Gasteiger partial charge is 0.228 e. The van der Waals surface area contributed by atoms with Gasteiger partial charge < -0.3 is 10.2 Å². The summed E-state index contributed by atoms with van der Waals surface area (Å²) in [5.41, 5.74) is 2.64. The van der Waals surface area contributed by atoms with E-state index in [-0.39, 0.29) is 17.8 Å². The van der Waals surface area contributed by atoms with Crippen LogP contribution in [-0.2, 0) is 11.3 Å². The summed E-state index contributed by atoms with van der Waals surface area (Å²) in [4.78, 5) is 13.3. The third-order valence-corrected chi connectivity index (χ3v) is 4.60. The molecule has 5 heteroatoms. The number of carbonyl (C=O) groups is 1. The average Bonchev–Trinajstić information content (AvgIpc) is 2.54. The number of nitrogens with one attached hydrogen (secondary N) is 1. The first-order valence-corrected chi connectivity index (χ1v) is 8.41. The molecule has 1 aliphatic heterocycles. The number of halogens is 2. The summed E-state index contributed by atoms with van der Waals surface area (Å²) < 4.78 is 14.8. The number of nitrogens with zero attached hydrogens (tertiary/aromatic N) is 1. The molecule has 0 aliphatic carbocycles. The summed E-state index contributed by atoms with van der Waals surface area (Å²) in [6, 6.07) is 12.7. The number of amides is 1. The molecule has 23 heavy (non-hydrogen) atoms. The van der Waals surface area contributed by atoms with E-state index in [1.54, 1.807) is 17.0 Å². The van der Waals surface area contributed by atoms with Gasteiger partial charge >= 0.3 is 0 Å². The van der Waals surface area contributed by atoms with Crippen LogP contribution in [0, 0.1) is 5.82 Å². The number of hydrogen-bond acceptors (Lipinski definition) is 2. The molecule has 120 valence electrons. The van der Waals surface area contributed by atoms with E-state index in [4.69, 9.17) is 0 Å². The average molecular weight is 377 g/mol. The Hall–Kier alpha value is -1.72. The number of carbonyl (C=O) groups excluding carboxylic acids is 1. The normalized spacial score (nSPS) is 15.4. The molecule has 1 aliphatic rings. The summed E-state index contributed by atoms with van der Waals surface area (Å²) in [5, 5.41) is 3.33. The van der Waals surface area contributed by atoms with E-state index >= 15 is 0 Å². The fraction of sp³-hybridized carbons (Fsp3) is 0.278. The van der Waals surface area contributed by atoms with Crippen molar-refractivity contribution in [2.45, 2.75) is 25.9 Å². The fourth-order valence-electron chi connectivity index (χ4n) is 2.65. The lowest BCUT2D eigenvalue weighted by molar-refractivity contribution is -0.122. The van der Waals surface area contributed by atoms with E-state index < -0.39 is 0 Å². The SMILES string of the molecule is C[C@@H](NCc1cccc(N2CCC2=O)c1)c1cc(Br)ccc1F. The van der Waals surface area contributed by atoms with Gasteiger partial charge in [0.05, 0.1) is 0 Å². The van der Waals surface area contributed by atoms with Gasteiger partial charge in [0.2, 0.25) is 5.91 Å². The zero-order valence-electron chi connectivity index (χ0n) is 12.9. The van der Waals surface area contributed by atoms with Crippen LogP contribution in [0.2, 0.25) is 0 Å². The first-order valence-electron chi connectivity index (χ1n) is 7.62. The first-order chi connectivity index (χ1) is 11.0. The molecular weight excluding hydrogens is 359 g/mol. The van der Waals surface area contributed by atoms with Gasteiger partial charge in [-0.25, -0.2) is 4.39 Å². The van der Waals surface area contributed by atoms with Gasteiger partial charge in [-0.05, 0) is 42.8 Å². The van der Waals surface area contributed by atoms with Crippen molar-refractivity contribution < 1.29 is 9.18 Å². The maximum atomic E-state index is 13.9. The van der Waals surface area contributed by atoms with Crippen molar-refractivity contribution in [3.05, 3.63) is 63.9 Å². The molecule has 1 heterocycles. The predicted molar refractivity (Wildman–Crippen MR) is 92.8 cm³/mol. The Bertz CT molecular complexity index is 735. The molecule has 1 amide bonds. The minimum atomic E-state index is -0.215. The van der Waals surface area contributed by atoms with Gasteiger partial charge in [-0.15, -0.1) is 0 Å². The van der Waals surface area contributed by atoms with E-state index in [2.05, 4.69) is 21.2 Å². The maximum absolute atomic E-state index is 13.9. The highest BCUT2D eigenvalue weighted by atomic mass is 79.9. The quantitative estimate of drug-likeness (QED) is 0.794. The molecule has 1 saturated heterocycles. The van der Waals surface area contributed by atoms with Crippen LogP contribution in [0.4, 0.5) is 10.1 Å². The number of benzene rings is 2. The molecule has 0 bridgehead atoms. The lowest BCUT2D eigenvalue weighted by Crippen LogP contribution is -2.43. The van der Waals surface area contributed by atoms with Crippen LogP contribution in [0.25, 0.3) is 0 Å². The highest BCUT2D eigenvalue weighted by molar-refractivity contribution is 9.10. The van der Waals surface area contributed by atoms with Crippen LogP contribution >= 0.6 is 15.9 Å². The topological polar surface area (TPSA) is 32.3 Å². The second-order valence-corrected chi connectivity index (χ2v) is 6.65. The molecule has 2 aromatic rings. The highest BCUT2D eigenvalue weighted by Gasteiger charge is 2.25. The number of rotatable bonds is 5. The Balaban J connectivity index is 1.67. The first kappa shape index (κ1) is 16.1. The Morgan fingerprint density at radius 1 is 1.30 bits per heavy atom. The van der Waals surface area contributed by atoms with Crippen molar-refractivity contribution >= 4 is 27.5 Å². The monoisotopic (exact) mass is 376 g/mol. The molecule has 3 rings (SSSR count). The number of β-lactam (4-membered cyclic amide) rings is 1. The molecule has 0 saturated carbocycles. The third kappa shape index (κ3) is 3.62. The number of hydrogen-bond donors (Lipinski definition) is 1. The Morgan fingerprint density at radius 2 is 2.13 bits per heavy atom. The number of anilines is 1. The Labute approximate surface area is 143 Å². The zero-order chi connectivity index (χ0) is 16.4. The van der Waals surface area contributed by atoms with Crippen molar-refractivity contribution in [2.24, 2.45) is 0 Å². The van der Waals surface area contributed by atoms with Gasteiger partial charge in [-0.1, -0.05) is 28.1 Å². The maximum Gasteiger partial charge on any atom is 0.228 e. The van der Waals surface area contributed by atoms with Gasteiger partial charge in [0.15, 0.2) is 0 Å². The highest BCUT2D eigenvalue weighted by Crippen LogP contribution is 2.24. The molecule has 1 atom stereocenters. The summed E-state index contributed by atoms with van der Waals surface area (Å²) in [6.07, 6.45) is 0.627. The van der Waals surface area contributed by atoms with E-state index in [0.717, 1.165) is 22.3 Å². The summed E-state index contributed by atoms with van der Waals surface area (Å²) in [7, 11) is 0. The van der Waals surface area contributed by atoms with Gasteiger partial charge in [0, 0.05) is 41.3 Å². The largest absolute Gasteiger partial charge is 0.312 e. The van der Waals surface area contributed by atoms with Crippen molar-refractivity contribution in [1.82, 2.24) is 5.32 Å². The zero-order valence-corrected chi connectivity index (χ0v) is 14.4. The molecule has 3 nitrogen and oxygen atoms in total. The van der Waals surface area contributed by atoms with Crippen molar-refractivity contribution in [3.63, 3.8) is 0 Å². The van der Waals surface area contributed by atoms with Crippen molar-refractivity contribution in [1.29, 1.82) is 0 Å². The molecule has 2 aromatic carbocycles. The summed E-state index contributed by atoms with van der Waals surface area (Å²) in [6.45, 7) is 3.34. The molecular formula is C18H18BrFN2O. The molecule has 0 spiro atoms. The fourth-order valence-corrected chi connectivity index (χ4v) is 3.03. The molecule has 0 radical (unpaired) electrons.